The summed E-state index contributed by atoms with van der Waals surface area (Å²) in [6, 6.07) is 4.54. The van der Waals surface area contributed by atoms with E-state index in [1.54, 1.807) is 17.0 Å². The van der Waals surface area contributed by atoms with E-state index in [1.165, 1.54) is 13.2 Å². The Kier molecular flexibility index (Phi) is 6.21. The summed E-state index contributed by atoms with van der Waals surface area (Å²) in [7, 11) is 1.27. The van der Waals surface area contributed by atoms with Crippen molar-refractivity contribution in [2.45, 2.75) is 31.7 Å². The minimum Gasteiger partial charge on any atom is -0.453 e. The lowest BCUT2D eigenvalue weighted by molar-refractivity contribution is -0.131. The zero-order valence-corrected chi connectivity index (χ0v) is 13.7. The van der Waals surface area contributed by atoms with Crippen LogP contribution >= 0.6 is 11.6 Å². The molecule has 2 amide bonds. The van der Waals surface area contributed by atoms with Crippen LogP contribution in [0, 0.1) is 5.82 Å². The second kappa shape index (κ2) is 8.15. The van der Waals surface area contributed by atoms with Crippen LogP contribution in [0.15, 0.2) is 18.2 Å². The number of hydrogen-bond donors (Lipinski definition) is 1. The first kappa shape index (κ1) is 17.5. The maximum atomic E-state index is 13.9. The van der Waals surface area contributed by atoms with Gasteiger partial charge in [-0.1, -0.05) is 17.7 Å². The molecule has 1 atom stereocenters. The molecule has 2 rings (SSSR count). The summed E-state index contributed by atoms with van der Waals surface area (Å²) >= 11 is 6.06. The Balaban J connectivity index is 1.94. The average Bonchev–Trinajstić information content (AvgIpc) is 2.99. The molecule has 0 bridgehead atoms. The van der Waals surface area contributed by atoms with Crippen molar-refractivity contribution in [1.82, 2.24) is 10.2 Å². The Hall–Kier alpha value is -1.82. The van der Waals surface area contributed by atoms with Gasteiger partial charge in [0.1, 0.15) is 5.82 Å². The van der Waals surface area contributed by atoms with Crippen molar-refractivity contribution in [3.8, 4) is 0 Å². The number of rotatable bonds is 5. The maximum absolute atomic E-state index is 13.9. The number of nitrogens with one attached hydrogen (secondary N) is 1. The minimum absolute atomic E-state index is 0.0589. The van der Waals surface area contributed by atoms with Crippen LogP contribution < -0.4 is 5.32 Å². The van der Waals surface area contributed by atoms with Crippen LogP contribution in [0.2, 0.25) is 5.02 Å². The first-order valence-corrected chi connectivity index (χ1v) is 7.95. The fourth-order valence-electron chi connectivity index (χ4n) is 2.83. The summed E-state index contributed by atoms with van der Waals surface area (Å²) in [6.45, 7) is 0.864. The molecule has 1 aliphatic rings. The van der Waals surface area contributed by atoms with Gasteiger partial charge >= 0.3 is 6.09 Å². The number of hydrogen-bond acceptors (Lipinski definition) is 3. The number of carbonyl (C=O) groups excluding carboxylic acids is 2. The van der Waals surface area contributed by atoms with E-state index in [9.17, 15) is 14.0 Å². The number of likely N-dealkylation sites (tertiary alicyclic amines) is 1. The van der Waals surface area contributed by atoms with E-state index in [-0.39, 0.29) is 30.7 Å². The van der Waals surface area contributed by atoms with Crippen molar-refractivity contribution in [2.24, 2.45) is 0 Å². The number of ether oxygens (including phenoxy) is 1. The standard InChI is InChI=1S/C16H20ClFN2O3/c1-23-16(22)19-8-7-15(21)20-9-3-4-11(20)10-12-13(17)5-2-6-14(12)18/h2,5-6,11H,3-4,7-10H2,1H3,(H,19,22)/t11-/m1/s1. The number of amides is 2. The predicted molar refractivity (Wildman–Crippen MR) is 84.9 cm³/mol. The molecule has 0 aromatic heterocycles. The highest BCUT2D eigenvalue weighted by atomic mass is 35.5. The highest BCUT2D eigenvalue weighted by Gasteiger charge is 2.29. The summed E-state index contributed by atoms with van der Waals surface area (Å²) < 4.78 is 18.4. The smallest absolute Gasteiger partial charge is 0.406 e. The predicted octanol–water partition coefficient (Wildman–Crippen LogP) is 2.76. The van der Waals surface area contributed by atoms with Gasteiger partial charge in [-0.05, 0) is 31.4 Å². The van der Waals surface area contributed by atoms with Gasteiger partial charge < -0.3 is 15.0 Å². The van der Waals surface area contributed by atoms with Crippen LogP contribution in [0.3, 0.4) is 0 Å². The molecule has 23 heavy (non-hydrogen) atoms. The molecule has 0 spiro atoms. The van der Waals surface area contributed by atoms with E-state index in [2.05, 4.69) is 10.1 Å². The Labute approximate surface area is 139 Å². The zero-order chi connectivity index (χ0) is 16.8. The van der Waals surface area contributed by atoms with E-state index in [0.29, 0.717) is 23.6 Å². The van der Waals surface area contributed by atoms with Crippen LogP contribution in [0.5, 0.6) is 0 Å². The zero-order valence-electron chi connectivity index (χ0n) is 13.0. The van der Waals surface area contributed by atoms with Crippen molar-refractivity contribution in [3.05, 3.63) is 34.6 Å². The topological polar surface area (TPSA) is 58.6 Å². The molecule has 1 aromatic rings. The van der Waals surface area contributed by atoms with Crippen LogP contribution in [0.25, 0.3) is 0 Å². The molecule has 0 unspecified atom stereocenters. The number of nitrogens with zero attached hydrogens (tertiary/aromatic N) is 1. The minimum atomic E-state index is -0.561. The van der Waals surface area contributed by atoms with Gasteiger partial charge in [-0.25, -0.2) is 9.18 Å². The van der Waals surface area contributed by atoms with Crippen molar-refractivity contribution < 1.29 is 18.7 Å². The lowest BCUT2D eigenvalue weighted by Gasteiger charge is -2.25. The van der Waals surface area contributed by atoms with Gasteiger partial charge in [-0.3, -0.25) is 4.79 Å². The lowest BCUT2D eigenvalue weighted by atomic mass is 10.0. The van der Waals surface area contributed by atoms with Crippen LogP contribution in [-0.4, -0.2) is 43.1 Å². The van der Waals surface area contributed by atoms with E-state index in [0.717, 1.165) is 12.8 Å². The third-order valence-electron chi connectivity index (χ3n) is 3.99. The Morgan fingerprint density at radius 3 is 2.96 bits per heavy atom. The van der Waals surface area contributed by atoms with Crippen molar-refractivity contribution in [3.63, 3.8) is 0 Å². The average molecular weight is 343 g/mol. The molecule has 5 nitrogen and oxygen atoms in total. The number of benzene rings is 1. The number of carbonyl (C=O) groups is 2. The normalized spacial score (nSPS) is 17.2. The first-order chi connectivity index (χ1) is 11.0. The van der Waals surface area contributed by atoms with Crippen molar-refractivity contribution >= 4 is 23.6 Å². The monoisotopic (exact) mass is 342 g/mol. The summed E-state index contributed by atoms with van der Waals surface area (Å²) in [5.41, 5.74) is 0.451. The second-order valence-electron chi connectivity index (χ2n) is 5.46. The van der Waals surface area contributed by atoms with Crippen LogP contribution in [0.4, 0.5) is 9.18 Å². The SMILES string of the molecule is COC(=O)NCCC(=O)N1CCC[C@@H]1Cc1c(F)cccc1Cl. The molecule has 1 saturated heterocycles. The van der Waals surface area contributed by atoms with E-state index < -0.39 is 6.09 Å². The summed E-state index contributed by atoms with van der Waals surface area (Å²) in [5.74, 6) is -0.402. The van der Waals surface area contributed by atoms with E-state index >= 15 is 0 Å². The molecular formula is C16H20ClFN2O3. The maximum Gasteiger partial charge on any atom is 0.406 e. The van der Waals surface area contributed by atoms with Crippen molar-refractivity contribution in [2.75, 3.05) is 20.2 Å². The molecule has 0 radical (unpaired) electrons. The molecule has 0 aliphatic carbocycles. The number of halogens is 2. The highest BCUT2D eigenvalue weighted by Crippen LogP contribution is 2.27. The van der Waals surface area contributed by atoms with Gasteiger partial charge in [0.2, 0.25) is 5.91 Å². The second-order valence-corrected chi connectivity index (χ2v) is 5.86. The van der Waals surface area contributed by atoms with Gasteiger partial charge in [0.15, 0.2) is 0 Å². The fraction of sp³-hybridized carbons (Fsp3) is 0.500. The molecule has 1 aliphatic heterocycles. The largest absolute Gasteiger partial charge is 0.453 e. The quantitative estimate of drug-likeness (QED) is 0.895. The van der Waals surface area contributed by atoms with Crippen molar-refractivity contribution in [1.29, 1.82) is 0 Å². The molecular weight excluding hydrogens is 323 g/mol. The number of methoxy groups -OCH3 is 1. The highest BCUT2D eigenvalue weighted by molar-refractivity contribution is 6.31. The Bertz CT molecular complexity index is 562. The number of alkyl carbamates (subject to hydrolysis) is 1. The summed E-state index contributed by atoms with van der Waals surface area (Å²) in [4.78, 5) is 25.0. The molecule has 1 N–H and O–H groups in total. The van der Waals surface area contributed by atoms with Gasteiger partial charge in [0.05, 0.1) is 7.11 Å². The first-order valence-electron chi connectivity index (χ1n) is 7.57. The third-order valence-corrected chi connectivity index (χ3v) is 4.35. The Morgan fingerprint density at radius 1 is 1.48 bits per heavy atom. The summed E-state index contributed by atoms with van der Waals surface area (Å²) in [6.07, 6.45) is 1.74. The van der Waals surface area contributed by atoms with Crippen LogP contribution in [-0.2, 0) is 16.0 Å². The van der Waals surface area contributed by atoms with Gasteiger partial charge in [-0.2, -0.15) is 0 Å². The van der Waals surface area contributed by atoms with E-state index in [1.807, 2.05) is 0 Å². The fourth-order valence-corrected chi connectivity index (χ4v) is 3.07. The van der Waals surface area contributed by atoms with Gasteiger partial charge in [0.25, 0.3) is 0 Å². The Morgan fingerprint density at radius 2 is 2.26 bits per heavy atom. The van der Waals surface area contributed by atoms with Crippen LogP contribution in [0.1, 0.15) is 24.8 Å². The lowest BCUT2D eigenvalue weighted by Crippen LogP contribution is -2.39. The third kappa shape index (κ3) is 4.58. The molecule has 1 fully saturated rings. The molecule has 126 valence electrons. The van der Waals surface area contributed by atoms with Gasteiger partial charge in [0, 0.05) is 36.1 Å². The van der Waals surface area contributed by atoms with Gasteiger partial charge in [-0.15, -0.1) is 0 Å². The summed E-state index contributed by atoms with van der Waals surface area (Å²) in [5, 5.41) is 2.87. The molecule has 7 heteroatoms. The molecule has 1 aromatic carbocycles. The van der Waals surface area contributed by atoms with E-state index in [4.69, 9.17) is 11.6 Å². The molecule has 0 saturated carbocycles. The molecule has 1 heterocycles.